The van der Waals surface area contributed by atoms with Gasteiger partial charge in [-0.05, 0) is 55.5 Å². The van der Waals surface area contributed by atoms with E-state index in [0.29, 0.717) is 25.2 Å². The highest BCUT2D eigenvalue weighted by molar-refractivity contribution is 7.98. The van der Waals surface area contributed by atoms with E-state index in [1.165, 1.54) is 16.0 Å². The molecule has 2 aliphatic rings. The molecule has 2 heterocycles. The third-order valence-corrected chi connectivity index (χ3v) is 11.3. The number of para-hydroxylation sites is 1. The lowest BCUT2D eigenvalue weighted by Crippen LogP contribution is -2.48. The fourth-order valence-electron chi connectivity index (χ4n) is 5.39. The molecule has 3 aromatic rings. The quantitative estimate of drug-likeness (QED) is 0.365. The van der Waals surface area contributed by atoms with Gasteiger partial charge in [0.2, 0.25) is 10.0 Å². The van der Waals surface area contributed by atoms with E-state index in [1.54, 1.807) is 51.7 Å². The summed E-state index contributed by atoms with van der Waals surface area (Å²) in [5, 5.41) is 0.997. The number of hydrogen-bond acceptors (Lipinski definition) is 7. The largest absolute Gasteiger partial charge is 0.345 e. The number of fused-ring (bicyclic) bond motifs is 1. The van der Waals surface area contributed by atoms with Crippen molar-refractivity contribution in [1.82, 2.24) is 14.2 Å². The number of sulfonamides is 1. The van der Waals surface area contributed by atoms with Gasteiger partial charge in [0.15, 0.2) is 5.13 Å². The number of nitrogens with zero attached hydrogens (tertiary/aromatic N) is 4. The summed E-state index contributed by atoms with van der Waals surface area (Å²) < 4.78 is 29.5. The van der Waals surface area contributed by atoms with Crippen molar-refractivity contribution < 1.29 is 13.2 Å². The highest BCUT2D eigenvalue weighted by Crippen LogP contribution is 2.34. The van der Waals surface area contributed by atoms with Crippen LogP contribution in [0.4, 0.5) is 5.13 Å². The molecule has 1 saturated heterocycles. The van der Waals surface area contributed by atoms with E-state index in [-0.39, 0.29) is 16.8 Å². The summed E-state index contributed by atoms with van der Waals surface area (Å²) in [6.45, 7) is 5.02. The molecule has 2 aromatic carbocycles. The molecular weight excluding hydrogens is 525 g/mol. The first-order chi connectivity index (χ1) is 17.9. The molecule has 0 unspecified atom stereocenters. The molecule has 0 bridgehead atoms. The van der Waals surface area contributed by atoms with Crippen LogP contribution in [0.15, 0.2) is 52.3 Å². The summed E-state index contributed by atoms with van der Waals surface area (Å²) >= 11 is 3.40. The second kappa shape index (κ2) is 11.3. The minimum atomic E-state index is -3.58. The van der Waals surface area contributed by atoms with E-state index < -0.39 is 10.0 Å². The average Bonchev–Trinajstić information content (AvgIpc) is 3.38. The zero-order valence-electron chi connectivity index (χ0n) is 21.4. The molecule has 1 saturated carbocycles. The summed E-state index contributed by atoms with van der Waals surface area (Å²) in [4.78, 5) is 23.6. The summed E-state index contributed by atoms with van der Waals surface area (Å²) in [5.41, 5.74) is 1.58. The van der Waals surface area contributed by atoms with Crippen LogP contribution in [0.25, 0.3) is 10.2 Å². The number of thiazole rings is 1. The number of hydrogen-bond donors (Lipinski definition) is 0. The standard InChI is InChI=1S/C27H34N4O3S3/c1-3-31(21-8-5-4-6-9-21)37(33,34)22-14-12-20(13-15-22)26(32)29-16-18-30(19-17-29)27-28-25-23(35-2)10-7-11-24(25)36-27/h7,10-15,21H,3-6,8-9,16-19H2,1-2H3. The fourth-order valence-corrected chi connectivity index (χ4v) is 8.76. The van der Waals surface area contributed by atoms with Crippen LogP contribution in [0.1, 0.15) is 49.4 Å². The minimum absolute atomic E-state index is 0.0582. The average molecular weight is 559 g/mol. The number of piperazine rings is 1. The number of anilines is 1. The van der Waals surface area contributed by atoms with Crippen molar-refractivity contribution >= 4 is 54.4 Å². The number of carbonyl (C=O) groups is 1. The first-order valence-electron chi connectivity index (χ1n) is 13.0. The van der Waals surface area contributed by atoms with Crippen molar-refractivity contribution in [3.8, 4) is 0 Å². The van der Waals surface area contributed by atoms with Crippen LogP contribution in [-0.2, 0) is 10.0 Å². The van der Waals surface area contributed by atoms with E-state index in [1.807, 2.05) is 11.8 Å². The maximum Gasteiger partial charge on any atom is 0.253 e. The minimum Gasteiger partial charge on any atom is -0.345 e. The van der Waals surface area contributed by atoms with Gasteiger partial charge in [0.05, 0.1) is 15.1 Å². The number of aromatic nitrogens is 1. The van der Waals surface area contributed by atoms with Crippen LogP contribution in [-0.4, -0.2) is 73.5 Å². The Morgan fingerprint density at radius 1 is 1.05 bits per heavy atom. The molecule has 198 valence electrons. The molecule has 0 atom stereocenters. The SMILES string of the molecule is CCN(C1CCCCC1)S(=O)(=O)c1ccc(C(=O)N2CCN(c3nc4c(SC)cccc4s3)CC2)cc1. The molecule has 0 N–H and O–H groups in total. The summed E-state index contributed by atoms with van der Waals surface area (Å²) in [5.74, 6) is -0.0582. The van der Waals surface area contributed by atoms with Crippen LogP contribution < -0.4 is 4.90 Å². The Morgan fingerprint density at radius 3 is 2.41 bits per heavy atom. The van der Waals surface area contributed by atoms with Gasteiger partial charge in [-0.3, -0.25) is 4.79 Å². The lowest BCUT2D eigenvalue weighted by atomic mass is 9.95. The molecular formula is C27H34N4O3S3. The third kappa shape index (κ3) is 5.39. The number of rotatable bonds is 7. The second-order valence-electron chi connectivity index (χ2n) is 9.61. The Morgan fingerprint density at radius 2 is 1.76 bits per heavy atom. The first kappa shape index (κ1) is 26.5. The second-order valence-corrected chi connectivity index (χ2v) is 13.4. The van der Waals surface area contributed by atoms with Gasteiger partial charge >= 0.3 is 0 Å². The molecule has 37 heavy (non-hydrogen) atoms. The third-order valence-electron chi connectivity index (χ3n) is 7.43. The van der Waals surface area contributed by atoms with Gasteiger partial charge in [-0.25, -0.2) is 13.4 Å². The fraction of sp³-hybridized carbons (Fsp3) is 0.481. The highest BCUT2D eigenvalue weighted by Gasteiger charge is 2.31. The predicted octanol–water partition coefficient (Wildman–Crippen LogP) is 5.32. The maximum atomic E-state index is 13.3. The van der Waals surface area contributed by atoms with E-state index in [0.717, 1.165) is 49.4 Å². The van der Waals surface area contributed by atoms with Gasteiger partial charge < -0.3 is 9.80 Å². The number of benzene rings is 2. The van der Waals surface area contributed by atoms with E-state index in [2.05, 4.69) is 29.4 Å². The van der Waals surface area contributed by atoms with Gasteiger partial charge in [0.25, 0.3) is 5.91 Å². The normalized spacial score (nSPS) is 17.6. The molecule has 0 radical (unpaired) electrons. The molecule has 10 heteroatoms. The van der Waals surface area contributed by atoms with Crippen molar-refractivity contribution in [2.24, 2.45) is 0 Å². The van der Waals surface area contributed by atoms with E-state index in [9.17, 15) is 13.2 Å². The number of amides is 1. The van der Waals surface area contributed by atoms with Crippen molar-refractivity contribution in [3.63, 3.8) is 0 Å². The van der Waals surface area contributed by atoms with Gasteiger partial charge in [-0.15, -0.1) is 11.8 Å². The number of thioether (sulfide) groups is 1. The first-order valence-corrected chi connectivity index (χ1v) is 16.5. The zero-order chi connectivity index (χ0) is 26.0. The topological polar surface area (TPSA) is 73.8 Å². The molecule has 2 fully saturated rings. The lowest BCUT2D eigenvalue weighted by molar-refractivity contribution is 0.0746. The Balaban J connectivity index is 1.24. The van der Waals surface area contributed by atoms with Gasteiger partial charge in [-0.1, -0.05) is 43.6 Å². The molecule has 5 rings (SSSR count). The molecule has 1 aliphatic carbocycles. The van der Waals surface area contributed by atoms with Gasteiger partial charge in [0, 0.05) is 49.2 Å². The van der Waals surface area contributed by atoms with Crippen LogP contribution in [0, 0.1) is 0 Å². The van der Waals surface area contributed by atoms with Crippen LogP contribution in [0.3, 0.4) is 0 Å². The van der Waals surface area contributed by atoms with Crippen molar-refractivity contribution in [2.75, 3.05) is 43.9 Å². The molecule has 1 aliphatic heterocycles. The van der Waals surface area contributed by atoms with Crippen molar-refractivity contribution in [3.05, 3.63) is 48.0 Å². The van der Waals surface area contributed by atoms with Gasteiger partial charge in [-0.2, -0.15) is 4.31 Å². The lowest BCUT2D eigenvalue weighted by Gasteiger charge is -2.34. The highest BCUT2D eigenvalue weighted by atomic mass is 32.2. The van der Waals surface area contributed by atoms with Crippen molar-refractivity contribution in [2.45, 2.75) is 54.9 Å². The van der Waals surface area contributed by atoms with Crippen LogP contribution in [0.2, 0.25) is 0 Å². The molecule has 7 nitrogen and oxygen atoms in total. The summed E-state index contributed by atoms with van der Waals surface area (Å²) in [6, 6.07) is 12.8. The Labute approximate surface area is 227 Å². The zero-order valence-corrected chi connectivity index (χ0v) is 23.9. The van der Waals surface area contributed by atoms with Crippen LogP contribution >= 0.6 is 23.1 Å². The Bertz CT molecular complexity index is 1340. The smallest absolute Gasteiger partial charge is 0.253 e. The summed E-state index contributed by atoms with van der Waals surface area (Å²) in [7, 11) is -3.58. The van der Waals surface area contributed by atoms with E-state index >= 15 is 0 Å². The molecule has 1 aromatic heterocycles. The molecule has 0 spiro atoms. The predicted molar refractivity (Wildman–Crippen MR) is 152 cm³/mol. The Hall–Kier alpha value is -2.14. The van der Waals surface area contributed by atoms with Gasteiger partial charge in [0.1, 0.15) is 0 Å². The summed E-state index contributed by atoms with van der Waals surface area (Å²) in [6.07, 6.45) is 7.25. The number of carbonyl (C=O) groups excluding carboxylic acids is 1. The maximum absolute atomic E-state index is 13.3. The molecule has 1 amide bonds. The van der Waals surface area contributed by atoms with Crippen molar-refractivity contribution in [1.29, 1.82) is 0 Å². The van der Waals surface area contributed by atoms with E-state index in [4.69, 9.17) is 4.98 Å². The van der Waals surface area contributed by atoms with Crippen LogP contribution in [0.5, 0.6) is 0 Å². The Kier molecular flexibility index (Phi) is 8.09. The monoisotopic (exact) mass is 558 g/mol.